The van der Waals surface area contributed by atoms with Crippen LogP contribution in [0.1, 0.15) is 0 Å². The number of hydrogen-bond acceptors (Lipinski definition) is 5. The minimum Gasteiger partial charge on any atom is -0.372 e. The molecule has 0 atom stereocenters. The van der Waals surface area contributed by atoms with Crippen molar-refractivity contribution in [3.63, 3.8) is 0 Å². The summed E-state index contributed by atoms with van der Waals surface area (Å²) in [6, 6.07) is 1.17. The van der Waals surface area contributed by atoms with Gasteiger partial charge in [-0.25, -0.2) is 18.1 Å². The van der Waals surface area contributed by atoms with Crippen molar-refractivity contribution in [2.45, 2.75) is 10.4 Å². The van der Waals surface area contributed by atoms with Gasteiger partial charge in [0.1, 0.15) is 10.7 Å². The highest BCUT2D eigenvalue weighted by molar-refractivity contribution is 8.00. The Morgan fingerprint density at radius 2 is 2.10 bits per heavy atom. The molecule has 114 valence electrons. The van der Waals surface area contributed by atoms with E-state index in [1.165, 1.54) is 6.07 Å². The standard InChI is InChI=1S/C9H11ClF3N3O2S2/c1-14-8-7(10)4-6(5-15-8)20(17,18)16-2-3-19-9(11,12)13/h4-5,16H,2-3H2,1H3,(H,14,15). The van der Waals surface area contributed by atoms with Gasteiger partial charge in [-0.05, 0) is 17.8 Å². The molecule has 2 N–H and O–H groups in total. The predicted octanol–water partition coefficient (Wildman–Crippen LogP) is 2.31. The van der Waals surface area contributed by atoms with Crippen LogP contribution < -0.4 is 10.0 Å². The number of rotatable bonds is 6. The van der Waals surface area contributed by atoms with Gasteiger partial charge >= 0.3 is 5.51 Å². The third-order valence-corrected chi connectivity index (χ3v) is 4.47. The highest BCUT2D eigenvalue weighted by Crippen LogP contribution is 2.29. The Morgan fingerprint density at radius 3 is 2.60 bits per heavy atom. The lowest BCUT2D eigenvalue weighted by Gasteiger charge is -2.09. The molecule has 11 heteroatoms. The minimum absolute atomic E-state index is 0.0973. The average molecular weight is 350 g/mol. The summed E-state index contributed by atoms with van der Waals surface area (Å²) in [5.41, 5.74) is -4.38. The summed E-state index contributed by atoms with van der Waals surface area (Å²) >= 11 is 5.49. The maximum absolute atomic E-state index is 11.9. The molecular weight excluding hydrogens is 339 g/mol. The maximum Gasteiger partial charge on any atom is 0.441 e. The molecule has 0 unspecified atom stereocenters. The van der Waals surface area contributed by atoms with Crippen LogP contribution >= 0.6 is 23.4 Å². The molecule has 0 aromatic carbocycles. The van der Waals surface area contributed by atoms with Gasteiger partial charge in [-0.2, -0.15) is 13.2 Å². The number of sulfonamides is 1. The smallest absolute Gasteiger partial charge is 0.372 e. The van der Waals surface area contributed by atoms with Crippen LogP contribution in [0.4, 0.5) is 19.0 Å². The van der Waals surface area contributed by atoms with E-state index in [1.54, 1.807) is 7.05 Å². The molecule has 0 aliphatic rings. The van der Waals surface area contributed by atoms with Crippen LogP contribution in [-0.4, -0.2) is 38.3 Å². The molecule has 0 bridgehead atoms. The van der Waals surface area contributed by atoms with E-state index in [1.807, 2.05) is 4.72 Å². The van der Waals surface area contributed by atoms with Crippen molar-refractivity contribution in [2.75, 3.05) is 24.7 Å². The molecular formula is C9H11ClF3N3O2S2. The summed E-state index contributed by atoms with van der Waals surface area (Å²) in [4.78, 5) is 3.57. The highest BCUT2D eigenvalue weighted by Gasteiger charge is 2.27. The second-order valence-electron chi connectivity index (χ2n) is 3.44. The summed E-state index contributed by atoms with van der Waals surface area (Å²) in [5, 5.41) is 2.75. The molecule has 0 radical (unpaired) electrons. The van der Waals surface area contributed by atoms with Gasteiger partial charge in [0, 0.05) is 25.5 Å². The van der Waals surface area contributed by atoms with Crippen molar-refractivity contribution in [2.24, 2.45) is 0 Å². The van der Waals surface area contributed by atoms with E-state index < -0.39 is 21.3 Å². The second-order valence-corrected chi connectivity index (χ2v) is 6.78. The number of nitrogens with zero attached hydrogens (tertiary/aromatic N) is 1. The van der Waals surface area contributed by atoms with E-state index in [0.717, 1.165) is 6.20 Å². The van der Waals surface area contributed by atoms with E-state index >= 15 is 0 Å². The topological polar surface area (TPSA) is 71.1 Å². The van der Waals surface area contributed by atoms with E-state index in [4.69, 9.17) is 11.6 Å². The molecule has 20 heavy (non-hydrogen) atoms. The molecule has 0 aliphatic carbocycles. The van der Waals surface area contributed by atoms with Crippen molar-refractivity contribution in [3.05, 3.63) is 17.3 Å². The number of aromatic nitrogens is 1. The lowest BCUT2D eigenvalue weighted by atomic mass is 10.4. The Hall–Kier alpha value is -0.710. The Labute approximate surface area is 123 Å². The molecule has 1 aromatic rings. The van der Waals surface area contributed by atoms with E-state index in [-0.39, 0.29) is 28.2 Å². The largest absolute Gasteiger partial charge is 0.441 e. The van der Waals surface area contributed by atoms with Gasteiger partial charge in [-0.1, -0.05) is 11.6 Å². The van der Waals surface area contributed by atoms with Crippen LogP contribution in [0, 0.1) is 0 Å². The summed E-state index contributed by atoms with van der Waals surface area (Å²) in [6.07, 6.45) is 1.07. The van der Waals surface area contributed by atoms with Crippen LogP contribution in [0.5, 0.6) is 0 Å². The van der Waals surface area contributed by atoms with Crippen LogP contribution in [0.15, 0.2) is 17.2 Å². The number of thioether (sulfide) groups is 1. The zero-order valence-electron chi connectivity index (χ0n) is 10.2. The van der Waals surface area contributed by atoms with Crippen LogP contribution in [0.25, 0.3) is 0 Å². The average Bonchev–Trinajstić information content (AvgIpc) is 2.33. The molecule has 1 heterocycles. The monoisotopic (exact) mass is 349 g/mol. The van der Waals surface area contributed by atoms with Gasteiger partial charge in [0.15, 0.2) is 0 Å². The number of alkyl halides is 3. The van der Waals surface area contributed by atoms with Crippen molar-refractivity contribution in [1.29, 1.82) is 0 Å². The molecule has 1 aromatic heterocycles. The predicted molar refractivity (Wildman–Crippen MR) is 72.5 cm³/mol. The van der Waals surface area contributed by atoms with Crippen LogP contribution in [-0.2, 0) is 10.0 Å². The fourth-order valence-electron chi connectivity index (χ4n) is 1.18. The zero-order chi connectivity index (χ0) is 15.4. The first-order valence-electron chi connectivity index (χ1n) is 5.19. The van der Waals surface area contributed by atoms with E-state index in [0.29, 0.717) is 5.82 Å². The highest BCUT2D eigenvalue weighted by atomic mass is 35.5. The van der Waals surface area contributed by atoms with Crippen LogP contribution in [0.2, 0.25) is 5.02 Å². The Bertz CT molecular complexity index is 566. The van der Waals surface area contributed by atoms with Gasteiger partial charge < -0.3 is 5.32 Å². The summed E-state index contributed by atoms with van der Waals surface area (Å²) in [6.45, 7) is -0.349. The number of hydrogen-bond donors (Lipinski definition) is 2. The Morgan fingerprint density at radius 1 is 1.45 bits per heavy atom. The lowest BCUT2D eigenvalue weighted by Crippen LogP contribution is -2.27. The second kappa shape index (κ2) is 6.83. The van der Waals surface area contributed by atoms with Crippen molar-refractivity contribution in [3.8, 4) is 0 Å². The van der Waals surface area contributed by atoms with Gasteiger partial charge in [0.25, 0.3) is 0 Å². The molecule has 5 nitrogen and oxygen atoms in total. The van der Waals surface area contributed by atoms with Crippen molar-refractivity contribution in [1.82, 2.24) is 9.71 Å². The number of pyridine rings is 1. The lowest BCUT2D eigenvalue weighted by molar-refractivity contribution is -0.0327. The molecule has 0 saturated heterocycles. The van der Waals surface area contributed by atoms with Crippen molar-refractivity contribution < 1.29 is 21.6 Å². The third kappa shape index (κ3) is 5.35. The van der Waals surface area contributed by atoms with E-state index in [2.05, 4.69) is 10.3 Å². The zero-order valence-corrected chi connectivity index (χ0v) is 12.5. The third-order valence-electron chi connectivity index (χ3n) is 2.02. The molecule has 0 spiro atoms. The number of nitrogens with one attached hydrogen (secondary N) is 2. The van der Waals surface area contributed by atoms with E-state index in [9.17, 15) is 21.6 Å². The summed E-state index contributed by atoms with van der Waals surface area (Å²) in [7, 11) is -2.37. The van der Waals surface area contributed by atoms with Crippen LogP contribution in [0.3, 0.4) is 0 Å². The molecule has 0 aliphatic heterocycles. The Kier molecular flexibility index (Phi) is 5.92. The summed E-state index contributed by atoms with van der Waals surface area (Å²) < 4.78 is 61.3. The molecule has 0 fully saturated rings. The number of halogens is 4. The number of anilines is 1. The first-order valence-corrected chi connectivity index (χ1v) is 8.04. The fraction of sp³-hybridized carbons (Fsp3) is 0.444. The van der Waals surface area contributed by atoms with Gasteiger partial charge in [0.2, 0.25) is 10.0 Å². The molecule has 0 amide bonds. The SMILES string of the molecule is CNc1ncc(S(=O)(=O)NCCSC(F)(F)F)cc1Cl. The van der Waals surface area contributed by atoms with Gasteiger partial charge in [-0.3, -0.25) is 0 Å². The van der Waals surface area contributed by atoms with Gasteiger partial charge in [-0.15, -0.1) is 0 Å². The quantitative estimate of drug-likeness (QED) is 0.771. The fourth-order valence-corrected chi connectivity index (χ4v) is 3.07. The Balaban J connectivity index is 2.67. The maximum atomic E-state index is 11.9. The van der Waals surface area contributed by atoms with Crippen molar-refractivity contribution >= 4 is 39.2 Å². The van der Waals surface area contributed by atoms with Gasteiger partial charge in [0.05, 0.1) is 5.02 Å². The summed E-state index contributed by atoms with van der Waals surface area (Å²) in [5.74, 6) is -0.114. The minimum atomic E-state index is -4.38. The normalized spacial score (nSPS) is 12.4. The molecule has 0 saturated carbocycles. The first-order chi connectivity index (χ1) is 9.15. The first kappa shape index (κ1) is 17.3. The molecule has 1 rings (SSSR count).